The fraction of sp³-hybridized carbons (Fsp3) is 0.455. The highest BCUT2D eigenvalue weighted by Crippen LogP contribution is 2.27. The van der Waals surface area contributed by atoms with Crippen LogP contribution in [0.15, 0.2) is 23.1 Å². The van der Waals surface area contributed by atoms with E-state index in [2.05, 4.69) is 5.32 Å². The molecule has 1 rings (SSSR count). The highest BCUT2D eigenvalue weighted by molar-refractivity contribution is 7.89. The number of benzene rings is 1. The van der Waals surface area contributed by atoms with Gasteiger partial charge in [-0.1, -0.05) is 0 Å². The van der Waals surface area contributed by atoms with Gasteiger partial charge < -0.3 is 20.6 Å². The molecule has 0 fully saturated rings. The van der Waals surface area contributed by atoms with Crippen LogP contribution in [0.5, 0.6) is 5.75 Å². The third kappa shape index (κ3) is 3.80. The summed E-state index contributed by atoms with van der Waals surface area (Å²) >= 11 is 0. The second-order valence-corrected chi connectivity index (χ2v) is 6.34. The molecule has 7 nitrogen and oxygen atoms in total. The molecule has 1 atom stereocenters. The minimum atomic E-state index is -3.60. The Bertz CT molecular complexity index is 530. The van der Waals surface area contributed by atoms with Crippen molar-refractivity contribution in [2.24, 2.45) is 0 Å². The van der Waals surface area contributed by atoms with Gasteiger partial charge in [-0.15, -0.1) is 0 Å². The molecule has 0 heterocycles. The van der Waals surface area contributed by atoms with Crippen LogP contribution in [0.1, 0.15) is 0 Å². The van der Waals surface area contributed by atoms with Crippen LogP contribution in [0.3, 0.4) is 0 Å². The normalized spacial score (nSPS) is 13.5. The maximum atomic E-state index is 11.8. The summed E-state index contributed by atoms with van der Waals surface area (Å²) in [7, 11) is -0.798. The van der Waals surface area contributed by atoms with Gasteiger partial charge >= 0.3 is 0 Å². The van der Waals surface area contributed by atoms with Gasteiger partial charge in [0.15, 0.2) is 0 Å². The SMILES string of the molecule is CN(C)S(=O)(=O)c1ccc(NCC(O)CO)c(O)c1. The van der Waals surface area contributed by atoms with Gasteiger partial charge in [-0.25, -0.2) is 12.7 Å². The largest absolute Gasteiger partial charge is 0.506 e. The quantitative estimate of drug-likeness (QED) is 0.521. The molecule has 0 aromatic heterocycles. The van der Waals surface area contributed by atoms with Gasteiger partial charge in [-0.05, 0) is 12.1 Å². The minimum absolute atomic E-state index is 0.0248. The van der Waals surface area contributed by atoms with E-state index in [-0.39, 0.29) is 22.9 Å². The zero-order valence-electron chi connectivity index (χ0n) is 10.7. The molecule has 108 valence electrons. The monoisotopic (exact) mass is 290 g/mol. The van der Waals surface area contributed by atoms with Crippen LogP contribution in [0, 0.1) is 0 Å². The summed E-state index contributed by atoms with van der Waals surface area (Å²) < 4.78 is 24.7. The summed E-state index contributed by atoms with van der Waals surface area (Å²) in [6.45, 7) is -0.356. The van der Waals surface area contributed by atoms with Crippen molar-refractivity contribution in [1.29, 1.82) is 0 Å². The first-order chi connectivity index (χ1) is 8.78. The van der Waals surface area contributed by atoms with Gasteiger partial charge in [0.25, 0.3) is 0 Å². The molecule has 0 bridgehead atoms. The maximum absolute atomic E-state index is 11.8. The number of aliphatic hydroxyl groups is 2. The van der Waals surface area contributed by atoms with Crippen LogP contribution < -0.4 is 5.32 Å². The molecular formula is C11H18N2O5S. The number of anilines is 1. The Labute approximate surface area is 112 Å². The number of nitrogens with zero attached hydrogens (tertiary/aromatic N) is 1. The van der Waals surface area contributed by atoms with Crippen molar-refractivity contribution < 1.29 is 23.7 Å². The summed E-state index contributed by atoms with van der Waals surface area (Å²) in [5, 5.41) is 30.3. The number of rotatable bonds is 6. The average Bonchev–Trinajstić information content (AvgIpc) is 2.36. The predicted molar refractivity (Wildman–Crippen MR) is 70.6 cm³/mol. The predicted octanol–water partition coefficient (Wildman–Crippen LogP) is -0.592. The molecule has 1 aromatic carbocycles. The lowest BCUT2D eigenvalue weighted by Crippen LogP contribution is -2.23. The summed E-state index contributed by atoms with van der Waals surface area (Å²) in [4.78, 5) is -0.0248. The lowest BCUT2D eigenvalue weighted by Gasteiger charge is -2.14. The molecule has 0 saturated carbocycles. The second kappa shape index (κ2) is 6.20. The molecule has 0 aliphatic carbocycles. The van der Waals surface area contributed by atoms with Crippen molar-refractivity contribution in [3.8, 4) is 5.75 Å². The molecule has 0 amide bonds. The molecule has 8 heteroatoms. The van der Waals surface area contributed by atoms with Gasteiger partial charge in [0.05, 0.1) is 23.3 Å². The van der Waals surface area contributed by atoms with Gasteiger partial charge in [0.1, 0.15) is 5.75 Å². The number of aliphatic hydroxyl groups excluding tert-OH is 2. The number of phenols is 1. The fourth-order valence-electron chi connectivity index (χ4n) is 1.32. The Morgan fingerprint density at radius 3 is 2.47 bits per heavy atom. The van der Waals surface area contributed by atoms with Crippen LogP contribution in [-0.4, -0.2) is 61.4 Å². The van der Waals surface area contributed by atoms with Crippen LogP contribution in [-0.2, 0) is 10.0 Å². The van der Waals surface area contributed by atoms with Crippen LogP contribution >= 0.6 is 0 Å². The van der Waals surface area contributed by atoms with E-state index in [0.717, 1.165) is 10.4 Å². The number of nitrogens with one attached hydrogen (secondary N) is 1. The first kappa shape index (κ1) is 15.7. The van der Waals surface area contributed by atoms with E-state index < -0.39 is 22.7 Å². The summed E-state index contributed by atoms with van der Waals surface area (Å²) in [6, 6.07) is 3.88. The highest BCUT2D eigenvalue weighted by atomic mass is 32.2. The van der Waals surface area contributed by atoms with Crippen LogP contribution in [0.2, 0.25) is 0 Å². The maximum Gasteiger partial charge on any atom is 0.242 e. The summed E-state index contributed by atoms with van der Waals surface area (Å²) in [5.41, 5.74) is 0.283. The molecule has 0 saturated heterocycles. The van der Waals surface area contributed by atoms with E-state index >= 15 is 0 Å². The van der Waals surface area contributed by atoms with Crippen molar-refractivity contribution in [1.82, 2.24) is 4.31 Å². The third-order valence-corrected chi connectivity index (χ3v) is 4.30. The van der Waals surface area contributed by atoms with E-state index in [9.17, 15) is 18.6 Å². The molecule has 1 unspecified atom stereocenters. The Kier molecular flexibility index (Phi) is 5.12. The molecule has 0 aliphatic heterocycles. The number of sulfonamides is 1. The average molecular weight is 290 g/mol. The fourth-order valence-corrected chi connectivity index (χ4v) is 2.25. The van der Waals surface area contributed by atoms with Crippen LogP contribution in [0.25, 0.3) is 0 Å². The minimum Gasteiger partial charge on any atom is -0.506 e. The number of aromatic hydroxyl groups is 1. The molecule has 0 aliphatic rings. The van der Waals surface area contributed by atoms with Gasteiger partial charge in [-0.3, -0.25) is 0 Å². The second-order valence-electron chi connectivity index (χ2n) is 4.18. The van der Waals surface area contributed by atoms with E-state index in [1.807, 2.05) is 0 Å². The highest BCUT2D eigenvalue weighted by Gasteiger charge is 2.18. The van der Waals surface area contributed by atoms with E-state index in [1.54, 1.807) is 0 Å². The van der Waals surface area contributed by atoms with Crippen molar-refractivity contribution in [2.45, 2.75) is 11.0 Å². The Morgan fingerprint density at radius 2 is 2.00 bits per heavy atom. The van der Waals surface area contributed by atoms with E-state index in [0.29, 0.717) is 0 Å². The molecule has 0 radical (unpaired) electrons. The summed E-state index contributed by atoms with van der Waals surface area (Å²) in [5.74, 6) is -0.243. The number of hydrogen-bond donors (Lipinski definition) is 4. The zero-order chi connectivity index (χ0) is 14.6. The summed E-state index contributed by atoms with van der Waals surface area (Å²) in [6.07, 6.45) is -0.954. The van der Waals surface area contributed by atoms with Gasteiger partial charge in [-0.2, -0.15) is 0 Å². The Balaban J connectivity index is 2.92. The molecule has 1 aromatic rings. The van der Waals surface area contributed by atoms with E-state index in [4.69, 9.17) is 5.11 Å². The van der Waals surface area contributed by atoms with Crippen LogP contribution in [0.4, 0.5) is 5.69 Å². The van der Waals surface area contributed by atoms with Crippen molar-refractivity contribution in [2.75, 3.05) is 32.6 Å². The molecule has 0 spiro atoms. The van der Waals surface area contributed by atoms with Gasteiger partial charge in [0, 0.05) is 26.7 Å². The first-order valence-corrected chi connectivity index (χ1v) is 7.01. The number of phenolic OH excluding ortho intramolecular Hbond substituents is 1. The van der Waals surface area contributed by atoms with Gasteiger partial charge in [0.2, 0.25) is 10.0 Å². The Hall–Kier alpha value is -1.35. The lowest BCUT2D eigenvalue weighted by molar-refractivity contribution is 0.105. The van der Waals surface area contributed by atoms with E-state index in [1.165, 1.54) is 26.2 Å². The topological polar surface area (TPSA) is 110 Å². The third-order valence-electron chi connectivity index (χ3n) is 2.49. The molecule has 4 N–H and O–H groups in total. The smallest absolute Gasteiger partial charge is 0.242 e. The molecule has 19 heavy (non-hydrogen) atoms. The van der Waals surface area contributed by atoms with Crippen molar-refractivity contribution in [3.63, 3.8) is 0 Å². The van der Waals surface area contributed by atoms with Crippen molar-refractivity contribution >= 4 is 15.7 Å². The number of hydrogen-bond acceptors (Lipinski definition) is 6. The Morgan fingerprint density at radius 1 is 1.37 bits per heavy atom. The lowest BCUT2D eigenvalue weighted by atomic mass is 10.2. The standard InChI is InChI=1S/C11H18N2O5S/c1-13(2)19(17,18)9-3-4-10(11(16)5-9)12-6-8(15)7-14/h3-5,8,12,14-16H,6-7H2,1-2H3. The molecular weight excluding hydrogens is 272 g/mol. The van der Waals surface area contributed by atoms with Crippen molar-refractivity contribution in [3.05, 3.63) is 18.2 Å². The first-order valence-electron chi connectivity index (χ1n) is 5.57. The zero-order valence-corrected chi connectivity index (χ0v) is 11.6.